The predicted octanol–water partition coefficient (Wildman–Crippen LogP) is 5.42. The molecule has 0 bridgehead atoms. The van der Waals surface area contributed by atoms with Gasteiger partial charge in [0.05, 0.1) is 47.1 Å². The van der Waals surface area contributed by atoms with Crippen LogP contribution in [0.3, 0.4) is 0 Å². The molecule has 44 heavy (non-hydrogen) atoms. The molecule has 2 aromatic carbocycles. The molecule has 0 aliphatic carbocycles. The van der Waals surface area contributed by atoms with Crippen molar-refractivity contribution >= 4 is 40.7 Å². The maximum atomic E-state index is 14.1. The van der Waals surface area contributed by atoms with E-state index >= 15 is 0 Å². The first-order valence-corrected chi connectivity index (χ1v) is 14.9. The van der Waals surface area contributed by atoms with Crippen LogP contribution in [0.1, 0.15) is 44.1 Å². The predicted molar refractivity (Wildman–Crippen MR) is 165 cm³/mol. The molecule has 3 heterocycles. The second-order valence-electron chi connectivity index (χ2n) is 9.64. The van der Waals surface area contributed by atoms with Gasteiger partial charge in [0.15, 0.2) is 4.80 Å². The van der Waals surface area contributed by atoms with Crippen molar-refractivity contribution in [1.29, 1.82) is 0 Å². The maximum Gasteiger partial charge on any atom is 0.338 e. The molecule has 228 valence electrons. The number of ether oxygens (including phenoxy) is 3. The normalized spacial score (nSPS) is 14.7. The minimum absolute atomic E-state index is 0.140. The third-order valence-electron chi connectivity index (χ3n) is 6.95. The minimum atomic E-state index is -0.914. The zero-order valence-electron chi connectivity index (χ0n) is 24.3. The van der Waals surface area contributed by atoms with Crippen molar-refractivity contribution in [1.82, 2.24) is 4.57 Å². The van der Waals surface area contributed by atoms with E-state index in [1.165, 1.54) is 37.0 Å². The molecule has 0 saturated carbocycles. The van der Waals surface area contributed by atoms with Crippen LogP contribution in [0.25, 0.3) is 17.4 Å². The van der Waals surface area contributed by atoms with Crippen LogP contribution < -0.4 is 24.4 Å². The molecule has 11 nitrogen and oxygen atoms in total. The number of nitrogens with zero attached hydrogens (tertiary/aromatic N) is 3. The van der Waals surface area contributed by atoms with Crippen molar-refractivity contribution < 1.29 is 28.3 Å². The number of hydrogen-bond donors (Lipinski definition) is 0. The van der Waals surface area contributed by atoms with Gasteiger partial charge < -0.3 is 18.6 Å². The highest BCUT2D eigenvalue weighted by atomic mass is 35.5. The van der Waals surface area contributed by atoms with Crippen LogP contribution in [0, 0.1) is 10.1 Å². The molecule has 1 aliphatic heterocycles. The van der Waals surface area contributed by atoms with Crippen molar-refractivity contribution in [2.24, 2.45) is 4.99 Å². The SMILES string of the molecule is CCCC1=C(C(=O)OCC)[C@@H](c2cc(OC)ccc2OC)n2c(s/c(=C\c3ccc(-c4ccc(Cl)cc4[N+](=O)[O-])o3)c2=O)=N1. The van der Waals surface area contributed by atoms with Gasteiger partial charge in [-0.2, -0.15) is 0 Å². The molecule has 0 radical (unpaired) electrons. The number of furan rings is 1. The Hall–Kier alpha value is -4.68. The maximum absolute atomic E-state index is 14.1. The van der Waals surface area contributed by atoms with E-state index in [1.54, 1.807) is 43.3 Å². The Kier molecular flexibility index (Phi) is 9.02. The molecule has 4 aromatic rings. The number of benzene rings is 2. The van der Waals surface area contributed by atoms with Crippen LogP contribution in [-0.4, -0.2) is 36.3 Å². The number of nitro benzene ring substituents is 1. The van der Waals surface area contributed by atoms with Crippen LogP contribution in [0.5, 0.6) is 11.5 Å². The van der Waals surface area contributed by atoms with Gasteiger partial charge in [0.1, 0.15) is 29.1 Å². The van der Waals surface area contributed by atoms with Gasteiger partial charge in [0.25, 0.3) is 11.2 Å². The van der Waals surface area contributed by atoms with Crippen molar-refractivity contribution in [2.45, 2.75) is 32.7 Å². The van der Waals surface area contributed by atoms with Crippen LogP contribution in [0.2, 0.25) is 5.02 Å². The Morgan fingerprint density at radius 1 is 1.16 bits per heavy atom. The zero-order valence-corrected chi connectivity index (χ0v) is 25.9. The molecule has 0 unspecified atom stereocenters. The van der Waals surface area contributed by atoms with E-state index in [0.29, 0.717) is 46.2 Å². The number of esters is 1. The lowest BCUT2D eigenvalue weighted by Gasteiger charge is -2.27. The van der Waals surface area contributed by atoms with Crippen molar-refractivity contribution in [3.63, 3.8) is 0 Å². The Morgan fingerprint density at radius 2 is 1.95 bits per heavy atom. The third kappa shape index (κ3) is 5.78. The molecule has 0 fully saturated rings. The Labute approximate surface area is 260 Å². The van der Waals surface area contributed by atoms with E-state index in [9.17, 15) is 19.7 Å². The van der Waals surface area contributed by atoms with Gasteiger partial charge in [0.2, 0.25) is 0 Å². The molecule has 13 heteroatoms. The fraction of sp³-hybridized carbons (Fsp3) is 0.258. The lowest BCUT2D eigenvalue weighted by atomic mass is 9.93. The quantitative estimate of drug-likeness (QED) is 0.128. The summed E-state index contributed by atoms with van der Waals surface area (Å²) < 4.78 is 24.2. The summed E-state index contributed by atoms with van der Waals surface area (Å²) in [5.41, 5.74) is 0.908. The minimum Gasteiger partial charge on any atom is -0.497 e. The summed E-state index contributed by atoms with van der Waals surface area (Å²) in [6, 6.07) is 11.7. The van der Waals surface area contributed by atoms with E-state index in [1.807, 2.05) is 6.92 Å². The van der Waals surface area contributed by atoms with E-state index in [0.717, 1.165) is 11.3 Å². The van der Waals surface area contributed by atoms with Crippen molar-refractivity contribution in [3.8, 4) is 22.8 Å². The van der Waals surface area contributed by atoms with Crippen molar-refractivity contribution in [3.05, 3.63) is 106 Å². The first kappa shape index (κ1) is 30.8. The number of aromatic nitrogens is 1. The lowest BCUT2D eigenvalue weighted by molar-refractivity contribution is -0.384. The molecule has 1 atom stereocenters. The number of allylic oxidation sites excluding steroid dienone is 1. The molecule has 0 spiro atoms. The zero-order chi connectivity index (χ0) is 31.5. The summed E-state index contributed by atoms with van der Waals surface area (Å²) in [5, 5.41) is 11.8. The summed E-state index contributed by atoms with van der Waals surface area (Å²) in [7, 11) is 3.03. The second kappa shape index (κ2) is 12.9. The fourth-order valence-corrected chi connectivity index (χ4v) is 6.20. The molecular formula is C31H28ClN3O8S. The van der Waals surface area contributed by atoms with Gasteiger partial charge in [-0.05, 0) is 55.8 Å². The first-order valence-electron chi connectivity index (χ1n) is 13.7. The Bertz CT molecular complexity index is 1970. The number of thiazole rings is 1. The van der Waals surface area contributed by atoms with Crippen LogP contribution >= 0.6 is 22.9 Å². The Balaban J connectivity index is 1.72. The monoisotopic (exact) mass is 637 g/mol. The van der Waals surface area contributed by atoms with Crippen LogP contribution in [-0.2, 0) is 9.53 Å². The van der Waals surface area contributed by atoms with Gasteiger partial charge >= 0.3 is 5.97 Å². The summed E-state index contributed by atoms with van der Waals surface area (Å²) in [6.07, 6.45) is 2.72. The van der Waals surface area contributed by atoms with Crippen LogP contribution in [0.4, 0.5) is 5.69 Å². The molecule has 1 aliphatic rings. The van der Waals surface area contributed by atoms with Gasteiger partial charge in [-0.1, -0.05) is 36.3 Å². The first-order chi connectivity index (χ1) is 21.2. The molecule has 5 rings (SSSR count). The van der Waals surface area contributed by atoms with E-state index in [4.69, 9.17) is 35.2 Å². The number of nitro groups is 1. The van der Waals surface area contributed by atoms with Crippen molar-refractivity contribution in [2.75, 3.05) is 20.8 Å². The van der Waals surface area contributed by atoms with E-state index in [-0.39, 0.29) is 38.7 Å². The second-order valence-corrected chi connectivity index (χ2v) is 11.1. The van der Waals surface area contributed by atoms with Crippen LogP contribution in [0.15, 0.2) is 74.0 Å². The Morgan fingerprint density at radius 3 is 2.64 bits per heavy atom. The highest BCUT2D eigenvalue weighted by molar-refractivity contribution is 7.07. The number of halogens is 1. The van der Waals surface area contributed by atoms with Gasteiger partial charge in [-0.15, -0.1) is 0 Å². The standard InChI is InChI=1S/C31H28ClN3O8S/c1-5-7-22-27(30(37)42-6-2)28(21-15-18(40-3)9-12-24(21)41-4)34-29(36)26(44-31(34)33-22)16-19-10-13-25(43-19)20-11-8-17(32)14-23(20)35(38)39/h8-16,28H,5-7H2,1-4H3/b26-16-/t28-/m1/s1. The summed E-state index contributed by atoms with van der Waals surface area (Å²) in [4.78, 5) is 43.8. The highest BCUT2D eigenvalue weighted by Gasteiger charge is 2.36. The summed E-state index contributed by atoms with van der Waals surface area (Å²) in [6.45, 7) is 3.83. The molecule has 0 saturated heterocycles. The number of hydrogen-bond acceptors (Lipinski definition) is 10. The highest BCUT2D eigenvalue weighted by Crippen LogP contribution is 2.39. The number of rotatable bonds is 10. The molecule has 0 N–H and O–H groups in total. The smallest absolute Gasteiger partial charge is 0.338 e. The summed E-state index contributed by atoms with van der Waals surface area (Å²) >= 11 is 7.10. The average Bonchev–Trinajstić information content (AvgIpc) is 3.60. The summed E-state index contributed by atoms with van der Waals surface area (Å²) in [5.74, 6) is 0.915. The average molecular weight is 638 g/mol. The number of carbonyl (C=O) groups is 1. The molecule has 2 aromatic heterocycles. The van der Waals surface area contributed by atoms with Gasteiger partial charge in [-0.25, -0.2) is 9.79 Å². The largest absolute Gasteiger partial charge is 0.497 e. The molecule has 0 amide bonds. The van der Waals surface area contributed by atoms with Gasteiger partial charge in [0, 0.05) is 22.7 Å². The lowest BCUT2D eigenvalue weighted by Crippen LogP contribution is -2.40. The van der Waals surface area contributed by atoms with Gasteiger partial charge in [-0.3, -0.25) is 19.5 Å². The number of carbonyl (C=O) groups excluding carboxylic acids is 1. The van der Waals surface area contributed by atoms with E-state index < -0.39 is 22.5 Å². The topological polar surface area (TPSA) is 135 Å². The number of methoxy groups -OCH3 is 2. The number of fused-ring (bicyclic) bond motifs is 1. The third-order valence-corrected chi connectivity index (χ3v) is 8.16. The molecular weight excluding hydrogens is 610 g/mol. The van der Waals surface area contributed by atoms with E-state index in [2.05, 4.69) is 0 Å². The fourth-order valence-electron chi connectivity index (χ4n) is 5.04.